The molecule has 2 aromatic carbocycles. The molecule has 3 aromatic rings. The molecule has 1 unspecified atom stereocenters. The van der Waals surface area contributed by atoms with Crippen LogP contribution < -0.4 is 5.32 Å². The number of hydrogen-bond acceptors (Lipinski definition) is 4. The molecule has 0 bridgehead atoms. The molecule has 0 saturated carbocycles. The number of aromatic nitrogens is 2. The summed E-state index contributed by atoms with van der Waals surface area (Å²) in [4.78, 5) is 28.7. The fourth-order valence-electron chi connectivity index (χ4n) is 5.71. The van der Waals surface area contributed by atoms with Gasteiger partial charge in [0.05, 0.1) is 0 Å². The highest BCUT2D eigenvalue weighted by molar-refractivity contribution is 6.30. The molecule has 1 aromatic heterocycles. The van der Waals surface area contributed by atoms with E-state index in [1.54, 1.807) is 12.1 Å². The molecule has 6 nitrogen and oxygen atoms in total. The minimum atomic E-state index is -0.114. The standard InChI is InChI=1S/C29H33ClN4O2/c1-19(34-17-15-21(16-18-34)27(35)20-11-13-22(30)14-12-20)23-7-3-4-8-24(23)29(36)31-28-25-9-5-6-10-26(25)33(2)32-28/h3-4,7-8,11-14,19,21H,5-6,9-10,15-18H2,1-2H3,(H,31,32,36). The molecule has 188 valence electrons. The summed E-state index contributed by atoms with van der Waals surface area (Å²) in [6.45, 7) is 3.78. The molecule has 5 rings (SSSR count). The topological polar surface area (TPSA) is 67.2 Å². The normalized spacial score (nSPS) is 17.4. The van der Waals surface area contributed by atoms with Gasteiger partial charge in [-0.3, -0.25) is 19.2 Å². The number of carbonyl (C=O) groups excluding carboxylic acids is 2. The lowest BCUT2D eigenvalue weighted by molar-refractivity contribution is 0.0801. The molecular formula is C29H33ClN4O2. The molecule has 2 aliphatic rings. The number of hydrogen-bond donors (Lipinski definition) is 1. The summed E-state index contributed by atoms with van der Waals surface area (Å²) in [6, 6.07) is 15.1. The summed E-state index contributed by atoms with van der Waals surface area (Å²) >= 11 is 5.98. The lowest BCUT2D eigenvalue weighted by Crippen LogP contribution is -2.38. The van der Waals surface area contributed by atoms with Gasteiger partial charge in [-0.1, -0.05) is 29.8 Å². The number of Topliss-reactive ketones (excluding diaryl/α,β-unsaturated/α-hetero) is 1. The predicted octanol–water partition coefficient (Wildman–Crippen LogP) is 5.86. The van der Waals surface area contributed by atoms with Gasteiger partial charge in [0.15, 0.2) is 11.6 Å². The number of piperidine rings is 1. The third-order valence-electron chi connectivity index (χ3n) is 7.83. The highest BCUT2D eigenvalue weighted by atomic mass is 35.5. The van der Waals surface area contributed by atoms with Gasteiger partial charge in [0.1, 0.15) is 0 Å². The minimum absolute atomic E-state index is 0.0171. The van der Waals surface area contributed by atoms with E-state index < -0.39 is 0 Å². The Morgan fingerprint density at radius 2 is 1.72 bits per heavy atom. The average molecular weight is 505 g/mol. The van der Waals surface area contributed by atoms with E-state index in [0.717, 1.165) is 56.3 Å². The van der Waals surface area contributed by atoms with Crippen LogP contribution >= 0.6 is 11.6 Å². The highest BCUT2D eigenvalue weighted by Gasteiger charge is 2.30. The number of anilines is 1. The fraction of sp³-hybridized carbons (Fsp3) is 0.414. The Balaban J connectivity index is 1.27. The molecule has 0 radical (unpaired) electrons. The maximum absolute atomic E-state index is 13.4. The second-order valence-electron chi connectivity index (χ2n) is 10.0. The van der Waals surface area contributed by atoms with E-state index >= 15 is 0 Å². The van der Waals surface area contributed by atoms with E-state index in [1.165, 1.54) is 17.7 Å². The number of rotatable bonds is 6. The second kappa shape index (κ2) is 10.6. The number of fused-ring (bicyclic) bond motifs is 1. The number of nitrogens with zero attached hydrogens (tertiary/aromatic N) is 3. The molecule has 1 aliphatic carbocycles. The SMILES string of the molecule is CC(c1ccccc1C(=O)Nc1nn(C)c2c1CCCC2)N1CCC(C(=O)c2ccc(Cl)cc2)CC1. The first-order chi connectivity index (χ1) is 17.4. The van der Waals surface area contributed by atoms with Crippen molar-refractivity contribution in [2.45, 2.75) is 51.5 Å². The van der Waals surface area contributed by atoms with Crippen molar-refractivity contribution in [3.63, 3.8) is 0 Å². The lowest BCUT2D eigenvalue weighted by atomic mass is 9.87. The van der Waals surface area contributed by atoms with Crippen LogP contribution in [0.4, 0.5) is 5.82 Å². The summed E-state index contributed by atoms with van der Waals surface area (Å²) in [7, 11) is 1.96. The van der Waals surface area contributed by atoms with Crippen LogP contribution in [0.2, 0.25) is 5.02 Å². The molecule has 36 heavy (non-hydrogen) atoms. The van der Waals surface area contributed by atoms with Crippen LogP contribution in [0.15, 0.2) is 48.5 Å². The molecule has 1 N–H and O–H groups in total. The van der Waals surface area contributed by atoms with Gasteiger partial charge in [-0.15, -0.1) is 0 Å². The van der Waals surface area contributed by atoms with Gasteiger partial charge in [-0.05, 0) is 94.4 Å². The third-order valence-corrected chi connectivity index (χ3v) is 8.08. The van der Waals surface area contributed by atoms with E-state index in [2.05, 4.69) is 22.2 Å². The molecule has 7 heteroatoms. The summed E-state index contributed by atoms with van der Waals surface area (Å²) in [6.07, 6.45) is 5.88. The fourth-order valence-corrected chi connectivity index (χ4v) is 5.84. The van der Waals surface area contributed by atoms with Gasteiger partial charge in [0, 0.05) is 46.4 Å². The maximum atomic E-state index is 13.4. The van der Waals surface area contributed by atoms with Gasteiger partial charge >= 0.3 is 0 Å². The first-order valence-corrected chi connectivity index (χ1v) is 13.3. The van der Waals surface area contributed by atoms with Crippen LogP contribution in [0.1, 0.15) is 76.2 Å². The first kappa shape index (κ1) is 24.7. The average Bonchev–Trinajstić information content (AvgIpc) is 3.23. The van der Waals surface area contributed by atoms with Crippen LogP contribution in [0.5, 0.6) is 0 Å². The van der Waals surface area contributed by atoms with Crippen LogP contribution in [0, 0.1) is 5.92 Å². The van der Waals surface area contributed by atoms with E-state index in [0.29, 0.717) is 16.4 Å². The van der Waals surface area contributed by atoms with Gasteiger partial charge in [-0.25, -0.2) is 0 Å². The Morgan fingerprint density at radius 1 is 1.03 bits per heavy atom. The van der Waals surface area contributed by atoms with Crippen molar-refractivity contribution < 1.29 is 9.59 Å². The van der Waals surface area contributed by atoms with Crippen molar-refractivity contribution in [1.82, 2.24) is 14.7 Å². The number of nitrogens with one attached hydrogen (secondary N) is 1. The van der Waals surface area contributed by atoms with Gasteiger partial charge in [-0.2, -0.15) is 5.10 Å². The summed E-state index contributed by atoms with van der Waals surface area (Å²) in [5.41, 5.74) is 4.82. The first-order valence-electron chi connectivity index (χ1n) is 12.9. The zero-order valence-corrected chi connectivity index (χ0v) is 21.7. The molecule has 1 fully saturated rings. The van der Waals surface area contributed by atoms with E-state index in [-0.39, 0.29) is 23.7 Å². The van der Waals surface area contributed by atoms with Crippen molar-refractivity contribution in [2.24, 2.45) is 13.0 Å². The van der Waals surface area contributed by atoms with Crippen molar-refractivity contribution in [1.29, 1.82) is 0 Å². The zero-order valence-electron chi connectivity index (χ0n) is 21.0. The monoisotopic (exact) mass is 504 g/mol. The molecular weight excluding hydrogens is 472 g/mol. The molecule has 1 amide bonds. The van der Waals surface area contributed by atoms with E-state index in [4.69, 9.17) is 11.6 Å². The number of aryl methyl sites for hydroxylation is 1. The minimum Gasteiger partial charge on any atom is -0.305 e. The number of amides is 1. The predicted molar refractivity (Wildman–Crippen MR) is 143 cm³/mol. The van der Waals surface area contributed by atoms with Crippen LogP contribution in [-0.4, -0.2) is 39.5 Å². The van der Waals surface area contributed by atoms with E-state index in [1.807, 2.05) is 48.1 Å². The Labute approximate surface area is 217 Å². The van der Waals surface area contributed by atoms with Gasteiger partial charge in [0.2, 0.25) is 0 Å². The largest absolute Gasteiger partial charge is 0.305 e. The Bertz CT molecular complexity index is 1260. The Morgan fingerprint density at radius 3 is 2.47 bits per heavy atom. The second-order valence-corrected chi connectivity index (χ2v) is 10.4. The van der Waals surface area contributed by atoms with E-state index in [9.17, 15) is 9.59 Å². The Kier molecular flexibility index (Phi) is 7.26. The summed E-state index contributed by atoms with van der Waals surface area (Å²) in [5.74, 6) is 0.791. The Hall–Kier alpha value is -2.96. The van der Waals surface area contributed by atoms with Crippen molar-refractivity contribution >= 4 is 29.1 Å². The van der Waals surface area contributed by atoms with Crippen LogP contribution in [0.25, 0.3) is 0 Å². The highest BCUT2D eigenvalue weighted by Crippen LogP contribution is 2.32. The lowest BCUT2D eigenvalue weighted by Gasteiger charge is -2.36. The number of benzene rings is 2. The number of likely N-dealkylation sites (tertiary alicyclic amines) is 1. The van der Waals surface area contributed by atoms with Gasteiger partial charge < -0.3 is 5.32 Å². The van der Waals surface area contributed by atoms with Crippen LogP contribution in [-0.2, 0) is 19.9 Å². The van der Waals surface area contributed by atoms with Crippen molar-refractivity contribution in [3.8, 4) is 0 Å². The third kappa shape index (κ3) is 4.97. The summed E-state index contributed by atoms with van der Waals surface area (Å²) < 4.78 is 1.91. The number of halogens is 1. The smallest absolute Gasteiger partial charge is 0.257 e. The molecule has 1 saturated heterocycles. The maximum Gasteiger partial charge on any atom is 0.257 e. The zero-order chi connectivity index (χ0) is 25.2. The molecule has 2 heterocycles. The summed E-state index contributed by atoms with van der Waals surface area (Å²) in [5, 5.41) is 8.36. The number of carbonyl (C=O) groups is 2. The molecule has 1 atom stereocenters. The van der Waals surface area contributed by atoms with Crippen LogP contribution in [0.3, 0.4) is 0 Å². The van der Waals surface area contributed by atoms with Crippen molar-refractivity contribution in [3.05, 3.63) is 81.5 Å². The number of ketones is 1. The van der Waals surface area contributed by atoms with Crippen molar-refractivity contribution in [2.75, 3.05) is 18.4 Å². The molecule has 1 aliphatic heterocycles. The van der Waals surface area contributed by atoms with Gasteiger partial charge in [0.25, 0.3) is 5.91 Å². The quantitative estimate of drug-likeness (QED) is 0.427. The molecule has 0 spiro atoms.